The van der Waals surface area contributed by atoms with Gasteiger partial charge < -0.3 is 56.7 Å². The van der Waals surface area contributed by atoms with Crippen molar-refractivity contribution >= 4 is 29.8 Å². The summed E-state index contributed by atoms with van der Waals surface area (Å²) in [6.07, 6.45) is 0. The summed E-state index contributed by atoms with van der Waals surface area (Å²) in [6, 6.07) is 0. The van der Waals surface area contributed by atoms with Crippen molar-refractivity contribution in [3.8, 4) is 0 Å². The Morgan fingerprint density at radius 1 is 0.679 bits per heavy atom. The number of nitrogens with one attached hydrogen (secondary N) is 1. The Morgan fingerprint density at radius 3 is 0.857 bits per heavy atom. The molecule has 0 aromatic carbocycles. The molecular weight excluding hydrogens is 434 g/mol. The molecule has 14 heteroatoms. The van der Waals surface area contributed by atoms with Gasteiger partial charge in [-0.25, -0.2) is 0 Å². The molecule has 0 aliphatic heterocycles. The van der Waals surface area contributed by atoms with Crippen molar-refractivity contribution in [3.63, 3.8) is 0 Å². The Hall–Kier alpha value is -2.25. The largest absolute Gasteiger partial charge is 0.550 e. The Kier molecular flexibility index (Phi) is 71.0. The number of hydrogen-bond donors (Lipinski definition) is 5. The predicted octanol–water partition coefficient (Wildman–Crippen LogP) is -5.06. The predicted molar refractivity (Wildman–Crippen MR) is 89.6 cm³/mol. The van der Waals surface area contributed by atoms with Crippen LogP contribution < -0.4 is 32.1 Å². The third-order valence-electron chi connectivity index (χ3n) is 0.642. The van der Waals surface area contributed by atoms with Crippen molar-refractivity contribution in [1.82, 2.24) is 5.32 Å². The molecule has 1 radical (unpaired) electrons. The van der Waals surface area contributed by atoms with Crippen molar-refractivity contribution in [2.45, 2.75) is 34.6 Å². The molecule has 7 N–H and O–H groups in total. The van der Waals surface area contributed by atoms with Crippen LogP contribution in [0.5, 0.6) is 0 Å². The first kappa shape index (κ1) is 44.9. The minimum atomic E-state index is -1.08. The molecule has 0 atom stereocenters. The van der Waals surface area contributed by atoms with E-state index in [2.05, 4.69) is 5.32 Å². The van der Waals surface area contributed by atoms with E-state index in [1.165, 1.54) is 0 Å². The number of carbonyl (C=O) groups is 5. The first-order valence-corrected chi connectivity index (χ1v) is 7.10. The fourth-order valence-electron chi connectivity index (χ4n) is 0.329. The van der Waals surface area contributed by atoms with Crippen molar-refractivity contribution in [3.05, 3.63) is 0 Å². The molecule has 28 heavy (non-hydrogen) atoms. The maximum absolute atomic E-state index is 9.00. The molecule has 0 spiro atoms. The van der Waals surface area contributed by atoms with E-state index in [1.54, 1.807) is 0 Å². The summed E-state index contributed by atoms with van der Waals surface area (Å²) in [4.78, 5) is 44.7. The van der Waals surface area contributed by atoms with E-state index in [4.69, 9.17) is 61.0 Å². The molecule has 0 aliphatic carbocycles. The van der Waals surface area contributed by atoms with Gasteiger partial charge in [0.15, 0.2) is 0 Å². The second-order valence-electron chi connectivity index (χ2n) is 3.84. The van der Waals surface area contributed by atoms with Gasteiger partial charge in [-0.2, -0.15) is 0 Å². The van der Waals surface area contributed by atoms with Crippen LogP contribution >= 0.6 is 0 Å². The summed E-state index contributed by atoms with van der Waals surface area (Å²) in [5, 5.41) is 44.5. The van der Waals surface area contributed by atoms with Crippen LogP contribution in [0.25, 0.3) is 0 Å². The Balaban J connectivity index is -0.0000000382. The second kappa shape index (κ2) is 44.3. The van der Waals surface area contributed by atoms with E-state index < -0.39 is 29.8 Å². The number of aliphatic carboxylic acids is 5. The molecule has 0 amide bonds. The third kappa shape index (κ3) is 4020. The SMILES string of the molecule is CC(=O)O.CC(=O)O.CC(=O)[O-].CC(=O)[O-].CC(=O)[O-].NCCNCCN.[Cu]. The molecule has 175 valence electrons. The van der Waals surface area contributed by atoms with Gasteiger partial charge in [0.25, 0.3) is 11.9 Å². The second-order valence-corrected chi connectivity index (χ2v) is 3.84. The zero-order valence-corrected chi connectivity index (χ0v) is 17.4. The van der Waals surface area contributed by atoms with Crippen molar-refractivity contribution in [2.24, 2.45) is 11.5 Å². The maximum Gasteiger partial charge on any atom is 0.300 e. The average Bonchev–Trinajstić information content (AvgIpc) is 2.35. The van der Waals surface area contributed by atoms with Crippen LogP contribution in [0, 0.1) is 0 Å². The minimum absolute atomic E-state index is 0. The molecule has 0 aromatic heterocycles. The number of carboxylic acids is 5. The monoisotopic (exact) mass is 463 g/mol. The van der Waals surface area contributed by atoms with Gasteiger partial charge in [0.05, 0.1) is 0 Å². The fraction of sp³-hybridized carbons (Fsp3) is 0.643. The van der Waals surface area contributed by atoms with E-state index in [0.29, 0.717) is 13.1 Å². The van der Waals surface area contributed by atoms with E-state index >= 15 is 0 Å². The summed E-state index contributed by atoms with van der Waals surface area (Å²) < 4.78 is 0. The van der Waals surface area contributed by atoms with Gasteiger partial charge in [-0.3, -0.25) is 9.59 Å². The van der Waals surface area contributed by atoms with Crippen molar-refractivity contribution < 1.29 is 66.6 Å². The summed E-state index contributed by atoms with van der Waals surface area (Å²) >= 11 is 0. The summed E-state index contributed by atoms with van der Waals surface area (Å²) in [5.74, 6) is -4.92. The molecule has 0 heterocycles. The van der Waals surface area contributed by atoms with Gasteiger partial charge in [0, 0.05) is 75.0 Å². The fourth-order valence-corrected chi connectivity index (χ4v) is 0.329. The molecule has 0 rings (SSSR count). The Labute approximate surface area is 174 Å². The first-order chi connectivity index (χ1) is 12.1. The van der Waals surface area contributed by atoms with Gasteiger partial charge >= 0.3 is 0 Å². The van der Waals surface area contributed by atoms with Crippen molar-refractivity contribution in [1.29, 1.82) is 0 Å². The van der Waals surface area contributed by atoms with Gasteiger partial charge in [-0.15, -0.1) is 0 Å². The van der Waals surface area contributed by atoms with Gasteiger partial charge in [-0.1, -0.05) is 0 Å². The summed E-state index contributed by atoms with van der Waals surface area (Å²) in [5.41, 5.74) is 10.3. The smallest absolute Gasteiger partial charge is 0.300 e. The molecule has 0 saturated carbocycles. The van der Waals surface area contributed by atoms with Gasteiger partial charge in [-0.05, 0) is 20.8 Å². The summed E-state index contributed by atoms with van der Waals surface area (Å²) in [6.45, 7) is 8.22. The standard InChI is InChI=1S/C4H13N3.5C2H4O2.Cu/c5-1-3-7-4-2-6;5*1-2(3)4;/h7H,1-6H2;5*1H3,(H,3,4);/p-3. The molecule has 0 aromatic rings. The topological polar surface area (TPSA) is 259 Å². The van der Waals surface area contributed by atoms with Crippen LogP contribution in [0.2, 0.25) is 0 Å². The molecule has 0 saturated heterocycles. The number of nitrogens with two attached hydrogens (primary N) is 2. The van der Waals surface area contributed by atoms with Crippen molar-refractivity contribution in [2.75, 3.05) is 26.2 Å². The number of carboxylic acid groups (broad SMARTS) is 5. The van der Waals surface area contributed by atoms with Crippen LogP contribution in [0.15, 0.2) is 0 Å². The van der Waals surface area contributed by atoms with Gasteiger partial charge in [0.2, 0.25) is 0 Å². The van der Waals surface area contributed by atoms with Crippen LogP contribution in [-0.4, -0.2) is 66.2 Å². The Morgan fingerprint density at radius 2 is 0.786 bits per heavy atom. The first-order valence-electron chi connectivity index (χ1n) is 7.10. The Bertz CT molecular complexity index is 289. The molecule has 13 nitrogen and oxygen atoms in total. The molecule has 0 fully saturated rings. The zero-order chi connectivity index (χ0) is 23.4. The molecule has 0 unspecified atom stereocenters. The van der Waals surface area contributed by atoms with E-state index in [9.17, 15) is 0 Å². The molecule has 0 aliphatic rings. The minimum Gasteiger partial charge on any atom is -0.550 e. The average molecular weight is 464 g/mol. The van der Waals surface area contributed by atoms with E-state index in [0.717, 1.165) is 47.7 Å². The zero-order valence-electron chi connectivity index (χ0n) is 16.4. The van der Waals surface area contributed by atoms with Gasteiger partial charge in [0.1, 0.15) is 0 Å². The normalized spacial score (nSPS) is 6.82. The number of hydrogen-bond acceptors (Lipinski definition) is 11. The number of carbonyl (C=O) groups excluding carboxylic acids is 3. The summed E-state index contributed by atoms with van der Waals surface area (Å²) in [7, 11) is 0. The third-order valence-corrected chi connectivity index (χ3v) is 0.642. The molecular formula is C14H30CuN3O10-3. The number of rotatable bonds is 4. The van der Waals surface area contributed by atoms with Crippen LogP contribution in [0.4, 0.5) is 0 Å². The van der Waals surface area contributed by atoms with E-state index in [1.807, 2.05) is 0 Å². The quantitative estimate of drug-likeness (QED) is 0.193. The van der Waals surface area contributed by atoms with Crippen LogP contribution in [0.3, 0.4) is 0 Å². The maximum atomic E-state index is 9.00. The molecule has 0 bridgehead atoms. The van der Waals surface area contributed by atoms with Crippen LogP contribution in [0.1, 0.15) is 34.6 Å². The van der Waals surface area contributed by atoms with E-state index in [-0.39, 0.29) is 17.1 Å². The van der Waals surface area contributed by atoms with Crippen LogP contribution in [-0.2, 0) is 41.0 Å².